The van der Waals surface area contributed by atoms with Gasteiger partial charge in [-0.25, -0.2) is 8.42 Å². The van der Waals surface area contributed by atoms with E-state index in [4.69, 9.17) is 4.74 Å². The molecule has 2 aromatic carbocycles. The van der Waals surface area contributed by atoms with Crippen LogP contribution in [0.15, 0.2) is 48.5 Å². The highest BCUT2D eigenvalue weighted by molar-refractivity contribution is 7.92. The quantitative estimate of drug-likeness (QED) is 0.523. The zero-order valence-electron chi connectivity index (χ0n) is 20.7. The molecule has 9 heteroatoms. The Morgan fingerprint density at radius 3 is 2.12 bits per heavy atom. The summed E-state index contributed by atoms with van der Waals surface area (Å²) in [5.74, 6) is -0.196. The van der Waals surface area contributed by atoms with E-state index < -0.39 is 28.5 Å². The van der Waals surface area contributed by atoms with E-state index in [9.17, 15) is 18.0 Å². The van der Waals surface area contributed by atoms with Gasteiger partial charge in [0, 0.05) is 12.6 Å². The number of nitrogens with one attached hydrogen (secondary N) is 1. The summed E-state index contributed by atoms with van der Waals surface area (Å²) in [5.41, 5.74) is 2.26. The van der Waals surface area contributed by atoms with Crippen LogP contribution < -0.4 is 14.4 Å². The summed E-state index contributed by atoms with van der Waals surface area (Å²) in [6.07, 6.45) is 1.80. The van der Waals surface area contributed by atoms with Crippen molar-refractivity contribution in [1.82, 2.24) is 10.2 Å². The molecule has 0 bridgehead atoms. The van der Waals surface area contributed by atoms with Gasteiger partial charge in [-0.05, 0) is 57.0 Å². The van der Waals surface area contributed by atoms with E-state index in [0.717, 1.165) is 28.1 Å². The number of hydrogen-bond donors (Lipinski definition) is 1. The fraction of sp³-hybridized carbons (Fsp3) is 0.440. The van der Waals surface area contributed by atoms with Crippen molar-refractivity contribution in [2.45, 2.75) is 52.7 Å². The number of ether oxygens (including phenoxy) is 1. The van der Waals surface area contributed by atoms with Crippen LogP contribution in [0.3, 0.4) is 0 Å². The first kappa shape index (κ1) is 27.2. The van der Waals surface area contributed by atoms with Gasteiger partial charge in [0.05, 0.1) is 19.1 Å². The lowest BCUT2D eigenvalue weighted by molar-refractivity contribution is -0.139. The van der Waals surface area contributed by atoms with Gasteiger partial charge in [-0.1, -0.05) is 36.8 Å². The molecule has 2 rings (SSSR count). The topological polar surface area (TPSA) is 96.0 Å². The number of carbonyl (C=O) groups excluding carboxylic acids is 2. The molecule has 0 radical (unpaired) electrons. The molecule has 1 N–H and O–H groups in total. The molecule has 0 saturated heterocycles. The number of hydrogen-bond acceptors (Lipinski definition) is 5. The first-order valence-electron chi connectivity index (χ1n) is 11.2. The number of amides is 2. The zero-order chi connectivity index (χ0) is 25.5. The van der Waals surface area contributed by atoms with Crippen molar-refractivity contribution in [2.75, 3.05) is 24.2 Å². The summed E-state index contributed by atoms with van der Waals surface area (Å²) in [7, 11) is -2.25. The standard InChI is InChI=1S/C25H35N3O5S/c1-7-19(3)26-25(30)20(4)27(16-21-10-8-18(2)9-11-21)24(29)17-28(34(6,31)32)22-12-14-23(33-5)15-13-22/h8-15,19-20H,7,16-17H2,1-6H3,(H,26,30)/t19-,20-/m1/s1. The maximum atomic E-state index is 13.5. The minimum Gasteiger partial charge on any atom is -0.497 e. The third-order valence-corrected chi connectivity index (χ3v) is 6.82. The van der Waals surface area contributed by atoms with Crippen LogP contribution in [0, 0.1) is 6.92 Å². The summed E-state index contributed by atoms with van der Waals surface area (Å²) >= 11 is 0. The molecular weight excluding hydrogens is 454 g/mol. The third kappa shape index (κ3) is 7.48. The van der Waals surface area contributed by atoms with E-state index >= 15 is 0 Å². The molecule has 0 aliphatic heterocycles. The molecule has 0 unspecified atom stereocenters. The number of benzene rings is 2. The predicted octanol–water partition coefficient (Wildman–Crippen LogP) is 3.10. The van der Waals surface area contributed by atoms with E-state index in [0.29, 0.717) is 11.4 Å². The summed E-state index contributed by atoms with van der Waals surface area (Å²) in [6, 6.07) is 13.2. The molecule has 186 valence electrons. The number of carbonyl (C=O) groups is 2. The molecule has 2 atom stereocenters. The van der Waals surface area contributed by atoms with Crippen molar-refractivity contribution in [3.63, 3.8) is 0 Å². The molecule has 2 aromatic rings. The van der Waals surface area contributed by atoms with Crippen LogP contribution in [-0.4, -0.2) is 57.1 Å². The lowest BCUT2D eigenvalue weighted by Gasteiger charge is -2.32. The average Bonchev–Trinajstić information content (AvgIpc) is 2.80. The molecule has 0 saturated carbocycles. The highest BCUT2D eigenvalue weighted by atomic mass is 32.2. The average molecular weight is 490 g/mol. The van der Waals surface area contributed by atoms with Crippen LogP contribution in [0.5, 0.6) is 5.75 Å². The van der Waals surface area contributed by atoms with Crippen LogP contribution in [0.25, 0.3) is 0 Å². The van der Waals surface area contributed by atoms with Crippen LogP contribution >= 0.6 is 0 Å². The maximum Gasteiger partial charge on any atom is 0.244 e. The highest BCUT2D eigenvalue weighted by Crippen LogP contribution is 2.22. The van der Waals surface area contributed by atoms with Crippen LogP contribution in [-0.2, 0) is 26.2 Å². The van der Waals surface area contributed by atoms with E-state index in [1.54, 1.807) is 31.2 Å². The van der Waals surface area contributed by atoms with E-state index in [1.807, 2.05) is 45.0 Å². The Kier molecular flexibility index (Phi) is 9.49. The molecule has 34 heavy (non-hydrogen) atoms. The molecule has 8 nitrogen and oxygen atoms in total. The van der Waals surface area contributed by atoms with Crippen molar-refractivity contribution in [2.24, 2.45) is 0 Å². The van der Waals surface area contributed by atoms with Gasteiger partial charge >= 0.3 is 0 Å². The van der Waals surface area contributed by atoms with E-state index in [-0.39, 0.29) is 18.5 Å². The monoisotopic (exact) mass is 489 g/mol. The van der Waals surface area contributed by atoms with Crippen molar-refractivity contribution in [3.8, 4) is 5.75 Å². The smallest absolute Gasteiger partial charge is 0.244 e. The molecule has 0 aliphatic rings. The Bertz CT molecular complexity index is 1070. The van der Waals surface area contributed by atoms with Crippen molar-refractivity contribution in [1.29, 1.82) is 0 Å². The lowest BCUT2D eigenvalue weighted by Crippen LogP contribution is -2.52. The zero-order valence-corrected chi connectivity index (χ0v) is 21.6. The van der Waals surface area contributed by atoms with Gasteiger partial charge in [-0.15, -0.1) is 0 Å². The normalized spacial score (nSPS) is 13.0. The second kappa shape index (κ2) is 11.9. The Balaban J connectivity index is 2.36. The van der Waals surface area contributed by atoms with E-state index in [1.165, 1.54) is 12.0 Å². The first-order chi connectivity index (χ1) is 16.0. The van der Waals surface area contributed by atoms with Gasteiger partial charge in [-0.2, -0.15) is 0 Å². The van der Waals surface area contributed by atoms with Gasteiger partial charge in [0.25, 0.3) is 0 Å². The van der Waals surface area contributed by atoms with Gasteiger partial charge in [-0.3, -0.25) is 13.9 Å². The third-order valence-electron chi connectivity index (χ3n) is 5.68. The minimum atomic E-state index is -3.77. The number of rotatable bonds is 11. The molecule has 0 fully saturated rings. The number of anilines is 1. The molecule has 2 amide bonds. The second-order valence-corrected chi connectivity index (χ2v) is 10.4. The Morgan fingerprint density at radius 2 is 1.62 bits per heavy atom. The number of methoxy groups -OCH3 is 1. The largest absolute Gasteiger partial charge is 0.497 e. The van der Waals surface area contributed by atoms with Gasteiger partial charge in [0.1, 0.15) is 18.3 Å². The number of sulfonamides is 1. The van der Waals surface area contributed by atoms with Crippen molar-refractivity contribution >= 4 is 27.5 Å². The van der Waals surface area contributed by atoms with Gasteiger partial charge in [0.15, 0.2) is 0 Å². The van der Waals surface area contributed by atoms with Gasteiger partial charge in [0.2, 0.25) is 21.8 Å². The van der Waals surface area contributed by atoms with Crippen LogP contribution in [0.4, 0.5) is 5.69 Å². The highest BCUT2D eigenvalue weighted by Gasteiger charge is 2.30. The Morgan fingerprint density at radius 1 is 1.03 bits per heavy atom. The SMILES string of the molecule is CC[C@@H](C)NC(=O)[C@@H](C)N(Cc1ccc(C)cc1)C(=O)CN(c1ccc(OC)cc1)S(C)(=O)=O. The molecule has 0 spiro atoms. The lowest BCUT2D eigenvalue weighted by atomic mass is 10.1. The molecule has 0 aromatic heterocycles. The van der Waals surface area contributed by atoms with Crippen LogP contribution in [0.1, 0.15) is 38.3 Å². The summed E-state index contributed by atoms with van der Waals surface area (Å²) in [5, 5.41) is 2.91. The second-order valence-electron chi connectivity index (χ2n) is 8.47. The molecule has 0 heterocycles. The van der Waals surface area contributed by atoms with Gasteiger partial charge < -0.3 is 15.0 Å². The Labute approximate surface area is 202 Å². The predicted molar refractivity (Wildman–Crippen MR) is 134 cm³/mol. The maximum absolute atomic E-state index is 13.5. The van der Waals surface area contributed by atoms with Crippen molar-refractivity contribution < 1.29 is 22.7 Å². The van der Waals surface area contributed by atoms with E-state index in [2.05, 4.69) is 5.32 Å². The summed E-state index contributed by atoms with van der Waals surface area (Å²) < 4.78 is 31.3. The van der Waals surface area contributed by atoms with Crippen molar-refractivity contribution in [3.05, 3.63) is 59.7 Å². The Hall–Kier alpha value is -3.07. The number of aryl methyl sites for hydroxylation is 1. The molecular formula is C25H35N3O5S. The minimum absolute atomic E-state index is 0.0434. The molecule has 0 aliphatic carbocycles. The fourth-order valence-electron chi connectivity index (χ4n) is 3.30. The fourth-order valence-corrected chi connectivity index (χ4v) is 4.15. The summed E-state index contributed by atoms with van der Waals surface area (Å²) in [4.78, 5) is 27.8. The first-order valence-corrected chi connectivity index (χ1v) is 13.1. The van der Waals surface area contributed by atoms with Crippen LogP contribution in [0.2, 0.25) is 0 Å². The number of nitrogens with zero attached hydrogens (tertiary/aromatic N) is 2. The summed E-state index contributed by atoms with van der Waals surface area (Å²) in [6.45, 7) is 7.22.